The Labute approximate surface area is 150 Å². The van der Waals surface area contributed by atoms with Crippen LogP contribution in [0.5, 0.6) is 17.4 Å². The summed E-state index contributed by atoms with van der Waals surface area (Å²) in [5, 5.41) is 19.9. The summed E-state index contributed by atoms with van der Waals surface area (Å²) in [4.78, 5) is 4.01. The minimum absolute atomic E-state index is 0.243. The maximum absolute atomic E-state index is 10.1. The van der Waals surface area contributed by atoms with Gasteiger partial charge in [-0.25, -0.2) is 4.98 Å². The third-order valence-electron chi connectivity index (χ3n) is 3.53. The first-order valence-corrected chi connectivity index (χ1v) is 8.03. The van der Waals surface area contributed by atoms with E-state index in [2.05, 4.69) is 4.98 Å². The van der Waals surface area contributed by atoms with Crippen molar-refractivity contribution in [3.63, 3.8) is 0 Å². The van der Waals surface area contributed by atoms with Crippen molar-refractivity contribution < 1.29 is 14.6 Å². The number of benzene rings is 1. The van der Waals surface area contributed by atoms with Gasteiger partial charge in [0.05, 0.1) is 5.02 Å². The van der Waals surface area contributed by atoms with Crippen molar-refractivity contribution in [3.8, 4) is 23.4 Å². The molecule has 2 unspecified atom stereocenters. The Balaban J connectivity index is 2.07. The molecule has 0 bridgehead atoms. The van der Waals surface area contributed by atoms with Gasteiger partial charge in [0.2, 0.25) is 5.88 Å². The molecule has 1 aromatic carbocycles. The standard InChI is InChI=1S/C17H16Cl2N2O3/c1-3-17(22,10-20)11(2)23-13-4-6-14(7-5-13)24-16-15(19)8-12(18)9-21-16/h4-9,11,22H,3H2,1-2H3. The van der Waals surface area contributed by atoms with E-state index in [9.17, 15) is 5.11 Å². The molecule has 0 radical (unpaired) electrons. The molecule has 0 spiro atoms. The van der Waals surface area contributed by atoms with Crippen LogP contribution in [0.25, 0.3) is 0 Å². The highest BCUT2D eigenvalue weighted by molar-refractivity contribution is 6.35. The largest absolute Gasteiger partial charge is 0.487 e. The summed E-state index contributed by atoms with van der Waals surface area (Å²) in [5.74, 6) is 1.26. The summed E-state index contributed by atoms with van der Waals surface area (Å²) in [6, 6.07) is 10.1. The first kappa shape index (κ1) is 18.3. The van der Waals surface area contributed by atoms with Gasteiger partial charge in [0.25, 0.3) is 0 Å². The number of halogens is 2. The Morgan fingerprint density at radius 2 is 1.92 bits per heavy atom. The van der Waals surface area contributed by atoms with Gasteiger partial charge < -0.3 is 14.6 Å². The third-order valence-corrected chi connectivity index (χ3v) is 4.01. The molecule has 2 rings (SSSR count). The fraction of sp³-hybridized carbons (Fsp3) is 0.294. The van der Waals surface area contributed by atoms with E-state index >= 15 is 0 Å². The van der Waals surface area contributed by atoms with Gasteiger partial charge in [-0.1, -0.05) is 30.1 Å². The van der Waals surface area contributed by atoms with E-state index in [4.69, 9.17) is 37.9 Å². The van der Waals surface area contributed by atoms with Gasteiger partial charge in [-0.3, -0.25) is 0 Å². The van der Waals surface area contributed by atoms with E-state index < -0.39 is 11.7 Å². The van der Waals surface area contributed by atoms with Crippen molar-refractivity contribution in [2.24, 2.45) is 0 Å². The number of nitrogens with zero attached hydrogens (tertiary/aromatic N) is 2. The number of pyridine rings is 1. The molecule has 5 nitrogen and oxygen atoms in total. The van der Waals surface area contributed by atoms with Gasteiger partial charge in [-0.2, -0.15) is 5.26 Å². The summed E-state index contributed by atoms with van der Waals surface area (Å²) in [6.45, 7) is 3.37. The zero-order valence-corrected chi connectivity index (χ0v) is 14.7. The Morgan fingerprint density at radius 1 is 1.29 bits per heavy atom. The minimum atomic E-state index is -1.53. The molecular formula is C17H16Cl2N2O3. The lowest BCUT2D eigenvalue weighted by Crippen LogP contribution is -2.42. The number of aromatic nitrogens is 1. The highest BCUT2D eigenvalue weighted by atomic mass is 35.5. The van der Waals surface area contributed by atoms with Crippen molar-refractivity contribution in [2.75, 3.05) is 0 Å². The monoisotopic (exact) mass is 366 g/mol. The van der Waals surface area contributed by atoms with Crippen molar-refractivity contribution in [1.29, 1.82) is 5.26 Å². The van der Waals surface area contributed by atoms with Crippen molar-refractivity contribution in [1.82, 2.24) is 4.98 Å². The molecular weight excluding hydrogens is 351 g/mol. The molecule has 7 heteroatoms. The number of ether oxygens (including phenoxy) is 2. The van der Waals surface area contributed by atoms with Gasteiger partial charge in [0, 0.05) is 6.20 Å². The lowest BCUT2D eigenvalue weighted by Gasteiger charge is -2.26. The van der Waals surface area contributed by atoms with Crippen LogP contribution >= 0.6 is 23.2 Å². The summed E-state index contributed by atoms with van der Waals surface area (Å²) in [5.41, 5.74) is -1.53. The third kappa shape index (κ3) is 4.30. The smallest absolute Gasteiger partial charge is 0.238 e. The quantitative estimate of drug-likeness (QED) is 0.755. The lowest BCUT2D eigenvalue weighted by molar-refractivity contribution is -0.0118. The molecule has 126 valence electrons. The van der Waals surface area contributed by atoms with Crippen molar-refractivity contribution in [2.45, 2.75) is 32.0 Å². The molecule has 2 aromatic rings. The zero-order chi connectivity index (χ0) is 17.7. The second-order valence-corrected chi connectivity index (χ2v) is 6.01. The van der Waals surface area contributed by atoms with Crippen LogP contribution in [0.1, 0.15) is 20.3 Å². The van der Waals surface area contributed by atoms with Crippen molar-refractivity contribution in [3.05, 3.63) is 46.6 Å². The van der Waals surface area contributed by atoms with E-state index in [0.29, 0.717) is 21.5 Å². The first-order chi connectivity index (χ1) is 11.4. The second kappa shape index (κ2) is 7.71. The topological polar surface area (TPSA) is 75.4 Å². The minimum Gasteiger partial charge on any atom is -0.487 e. The second-order valence-electron chi connectivity index (χ2n) is 5.16. The van der Waals surface area contributed by atoms with Gasteiger partial charge in [0.15, 0.2) is 5.60 Å². The Kier molecular flexibility index (Phi) is 5.89. The summed E-state index contributed by atoms with van der Waals surface area (Å²) in [7, 11) is 0. The molecule has 0 saturated carbocycles. The van der Waals surface area contributed by atoms with E-state index in [1.807, 2.05) is 6.07 Å². The number of hydrogen-bond donors (Lipinski definition) is 1. The van der Waals surface area contributed by atoms with E-state index in [1.54, 1.807) is 38.1 Å². The molecule has 1 heterocycles. The molecule has 0 fully saturated rings. The van der Waals surface area contributed by atoms with Crippen LogP contribution in [0, 0.1) is 11.3 Å². The van der Waals surface area contributed by atoms with Crippen LogP contribution < -0.4 is 9.47 Å². The Morgan fingerprint density at radius 3 is 2.46 bits per heavy atom. The van der Waals surface area contributed by atoms with Crippen LogP contribution in [0.15, 0.2) is 36.5 Å². The summed E-state index contributed by atoms with van der Waals surface area (Å²) in [6.07, 6.45) is 1.04. The molecule has 0 amide bonds. The Bertz CT molecular complexity index is 746. The molecule has 0 saturated heterocycles. The summed E-state index contributed by atoms with van der Waals surface area (Å²) < 4.78 is 11.2. The molecule has 0 aliphatic heterocycles. The van der Waals surface area contributed by atoms with E-state index in [-0.39, 0.29) is 12.3 Å². The van der Waals surface area contributed by atoms with E-state index in [0.717, 1.165) is 0 Å². The highest BCUT2D eigenvalue weighted by Crippen LogP contribution is 2.30. The predicted molar refractivity (Wildman–Crippen MR) is 91.7 cm³/mol. The normalized spacial score (nSPS) is 14.3. The fourth-order valence-corrected chi connectivity index (χ4v) is 2.35. The van der Waals surface area contributed by atoms with Crippen LogP contribution in [0.2, 0.25) is 10.0 Å². The molecule has 1 aromatic heterocycles. The molecule has 1 N–H and O–H groups in total. The molecule has 24 heavy (non-hydrogen) atoms. The number of rotatable bonds is 6. The zero-order valence-electron chi connectivity index (χ0n) is 13.2. The van der Waals surface area contributed by atoms with Crippen LogP contribution in [-0.2, 0) is 0 Å². The lowest BCUT2D eigenvalue weighted by atomic mass is 9.96. The average molecular weight is 367 g/mol. The van der Waals surface area contributed by atoms with Crippen molar-refractivity contribution >= 4 is 23.2 Å². The molecule has 2 atom stereocenters. The van der Waals surface area contributed by atoms with Gasteiger partial charge in [-0.05, 0) is 43.7 Å². The molecule has 0 aliphatic carbocycles. The maximum Gasteiger partial charge on any atom is 0.238 e. The van der Waals surface area contributed by atoms with Gasteiger partial charge in [-0.15, -0.1) is 0 Å². The maximum atomic E-state index is 10.1. The first-order valence-electron chi connectivity index (χ1n) is 7.27. The number of nitriles is 1. The van der Waals surface area contributed by atoms with E-state index in [1.165, 1.54) is 12.3 Å². The van der Waals surface area contributed by atoms with Crippen LogP contribution in [0.3, 0.4) is 0 Å². The van der Waals surface area contributed by atoms with Crippen LogP contribution in [0.4, 0.5) is 0 Å². The van der Waals surface area contributed by atoms with Crippen LogP contribution in [-0.4, -0.2) is 21.8 Å². The molecule has 0 aliphatic rings. The highest BCUT2D eigenvalue weighted by Gasteiger charge is 2.33. The summed E-state index contributed by atoms with van der Waals surface area (Å²) >= 11 is 11.8. The average Bonchev–Trinajstić information content (AvgIpc) is 2.58. The fourth-order valence-electron chi connectivity index (χ4n) is 1.93. The number of aliphatic hydroxyl groups is 1. The number of hydrogen-bond acceptors (Lipinski definition) is 5. The van der Waals surface area contributed by atoms with Gasteiger partial charge in [0.1, 0.15) is 28.7 Å². The SMILES string of the molecule is CCC(O)(C#N)C(C)Oc1ccc(Oc2ncc(Cl)cc2Cl)cc1. The Hall–Kier alpha value is -2.00. The predicted octanol–water partition coefficient (Wildman–Crippen LogP) is 4.61. The van der Waals surface area contributed by atoms with Gasteiger partial charge >= 0.3 is 0 Å².